The molecule has 0 atom stereocenters. The van der Waals surface area contributed by atoms with Crippen molar-refractivity contribution in [1.29, 1.82) is 0 Å². The van der Waals surface area contributed by atoms with E-state index in [-0.39, 0.29) is 17.9 Å². The van der Waals surface area contributed by atoms with Crippen molar-refractivity contribution in [2.75, 3.05) is 28.4 Å². The number of hydrogen-bond acceptors (Lipinski definition) is 6. The summed E-state index contributed by atoms with van der Waals surface area (Å²) in [5.74, 6) is 1.94. The summed E-state index contributed by atoms with van der Waals surface area (Å²) in [5, 5.41) is 2.86. The first-order valence-corrected chi connectivity index (χ1v) is 10.1. The number of hydrogen-bond donors (Lipinski definition) is 1. The summed E-state index contributed by atoms with van der Waals surface area (Å²) in [7, 11) is 6.45. The van der Waals surface area contributed by atoms with Crippen LogP contribution in [-0.2, 0) is 16.1 Å². The maximum absolute atomic E-state index is 12.7. The Hall–Kier alpha value is -2.64. The highest BCUT2D eigenvalue weighted by Crippen LogP contribution is 2.40. The summed E-state index contributed by atoms with van der Waals surface area (Å²) < 4.78 is 21.5. The number of amides is 2. The van der Waals surface area contributed by atoms with Crippen LogP contribution >= 0.6 is 0 Å². The molecule has 0 aromatic heterocycles. The van der Waals surface area contributed by atoms with E-state index >= 15 is 0 Å². The summed E-state index contributed by atoms with van der Waals surface area (Å²) in [5.41, 5.74) is 0.320. The normalized spacial score (nSPS) is 18.1. The molecule has 168 valence electrons. The molecule has 0 bridgehead atoms. The Kier molecular flexibility index (Phi) is 7.81. The van der Waals surface area contributed by atoms with Gasteiger partial charge in [0.25, 0.3) is 0 Å². The van der Waals surface area contributed by atoms with Crippen LogP contribution in [0.25, 0.3) is 0 Å². The lowest BCUT2D eigenvalue weighted by Crippen LogP contribution is -2.47. The van der Waals surface area contributed by atoms with E-state index in [9.17, 15) is 9.59 Å². The minimum Gasteiger partial charge on any atom is -0.493 e. The lowest BCUT2D eigenvalue weighted by molar-refractivity contribution is -0.132. The Morgan fingerprint density at radius 3 is 2.23 bits per heavy atom. The Bertz CT molecular complexity index is 753. The molecule has 0 saturated heterocycles. The van der Waals surface area contributed by atoms with Gasteiger partial charge in [-0.3, -0.25) is 4.79 Å². The predicted molar refractivity (Wildman–Crippen MR) is 113 cm³/mol. The lowest BCUT2D eigenvalue weighted by atomic mass is 9.78. The maximum atomic E-state index is 12.7. The average molecular weight is 423 g/mol. The van der Waals surface area contributed by atoms with Gasteiger partial charge in [-0.2, -0.15) is 0 Å². The van der Waals surface area contributed by atoms with Crippen molar-refractivity contribution in [3.05, 3.63) is 17.7 Å². The Balaban J connectivity index is 1.86. The van der Waals surface area contributed by atoms with Gasteiger partial charge in [0.1, 0.15) is 5.60 Å². The average Bonchev–Trinajstić information content (AvgIpc) is 2.63. The number of nitrogens with one attached hydrogen (secondary N) is 1. The fourth-order valence-electron chi connectivity index (χ4n) is 3.53. The molecule has 2 amide bonds. The standard InChI is InChI=1S/C22H34N2O6/c1-22(2,3)30-21(26)23-16-10-14(11-16)12-18(25)24(4)13-15-8-9-17(27-5)20(29-7)19(15)28-6/h8-9,14,16H,10-13H2,1-7H3,(H,23,26). The van der Waals surface area contributed by atoms with Crippen molar-refractivity contribution in [1.82, 2.24) is 10.2 Å². The second-order valence-corrected chi connectivity index (χ2v) is 8.63. The fraction of sp³-hybridized carbons (Fsp3) is 0.636. The maximum Gasteiger partial charge on any atom is 0.407 e. The molecule has 8 heteroatoms. The van der Waals surface area contributed by atoms with Gasteiger partial charge < -0.3 is 29.2 Å². The zero-order chi connectivity index (χ0) is 22.5. The minimum absolute atomic E-state index is 0.0487. The molecule has 0 spiro atoms. The van der Waals surface area contributed by atoms with Gasteiger partial charge in [-0.15, -0.1) is 0 Å². The van der Waals surface area contributed by atoms with Crippen molar-refractivity contribution in [3.8, 4) is 17.2 Å². The first-order valence-electron chi connectivity index (χ1n) is 10.1. The first-order chi connectivity index (χ1) is 14.1. The van der Waals surface area contributed by atoms with E-state index in [2.05, 4.69) is 5.32 Å². The van der Waals surface area contributed by atoms with Crippen LogP contribution < -0.4 is 19.5 Å². The third-order valence-electron chi connectivity index (χ3n) is 5.04. The summed E-state index contributed by atoms with van der Waals surface area (Å²) in [6.45, 7) is 5.89. The van der Waals surface area contributed by atoms with Gasteiger partial charge >= 0.3 is 6.09 Å². The van der Waals surface area contributed by atoms with Gasteiger partial charge in [0.2, 0.25) is 11.7 Å². The molecule has 1 aliphatic carbocycles. The quantitative estimate of drug-likeness (QED) is 0.691. The van der Waals surface area contributed by atoms with Crippen molar-refractivity contribution >= 4 is 12.0 Å². The number of benzene rings is 1. The van der Waals surface area contributed by atoms with Crippen molar-refractivity contribution in [3.63, 3.8) is 0 Å². The van der Waals surface area contributed by atoms with E-state index in [1.165, 1.54) is 0 Å². The van der Waals surface area contributed by atoms with Gasteiger partial charge in [0, 0.05) is 31.6 Å². The van der Waals surface area contributed by atoms with Crippen LogP contribution in [-0.4, -0.2) is 56.9 Å². The fourth-order valence-corrected chi connectivity index (χ4v) is 3.53. The molecule has 0 unspecified atom stereocenters. The topological polar surface area (TPSA) is 86.3 Å². The number of carbonyl (C=O) groups excluding carboxylic acids is 2. The van der Waals surface area contributed by atoms with Crippen molar-refractivity contribution in [2.45, 2.75) is 58.2 Å². The third kappa shape index (κ3) is 6.18. The Morgan fingerprint density at radius 2 is 1.70 bits per heavy atom. The molecule has 1 aliphatic rings. The minimum atomic E-state index is -0.517. The zero-order valence-electron chi connectivity index (χ0n) is 19.0. The van der Waals surface area contributed by atoms with Crippen LogP contribution in [0.5, 0.6) is 17.2 Å². The monoisotopic (exact) mass is 422 g/mol. The molecule has 0 aliphatic heterocycles. The number of nitrogens with zero attached hydrogens (tertiary/aromatic N) is 1. The van der Waals surface area contributed by atoms with Crippen LogP contribution in [0.1, 0.15) is 45.6 Å². The molecular formula is C22H34N2O6. The molecule has 1 saturated carbocycles. The van der Waals surface area contributed by atoms with Gasteiger partial charge in [0.15, 0.2) is 11.5 Å². The molecule has 1 aromatic carbocycles. The molecule has 1 aromatic rings. The van der Waals surface area contributed by atoms with E-state index in [1.54, 1.807) is 39.3 Å². The highest BCUT2D eigenvalue weighted by molar-refractivity contribution is 5.76. The van der Waals surface area contributed by atoms with Crippen LogP contribution in [0.2, 0.25) is 0 Å². The number of alkyl carbamates (subject to hydrolysis) is 1. The zero-order valence-corrected chi connectivity index (χ0v) is 19.0. The summed E-state index contributed by atoms with van der Waals surface area (Å²) in [6, 6.07) is 3.73. The molecule has 8 nitrogen and oxygen atoms in total. The molecule has 1 N–H and O–H groups in total. The predicted octanol–water partition coefficient (Wildman–Crippen LogP) is 3.36. The van der Waals surface area contributed by atoms with Gasteiger partial charge in [-0.25, -0.2) is 4.79 Å². The Morgan fingerprint density at radius 1 is 1.07 bits per heavy atom. The smallest absolute Gasteiger partial charge is 0.407 e. The third-order valence-corrected chi connectivity index (χ3v) is 5.04. The molecular weight excluding hydrogens is 388 g/mol. The first kappa shape index (κ1) is 23.6. The van der Waals surface area contributed by atoms with Crippen LogP contribution in [0, 0.1) is 5.92 Å². The summed E-state index contributed by atoms with van der Waals surface area (Å²) >= 11 is 0. The summed E-state index contributed by atoms with van der Waals surface area (Å²) in [6.07, 6.45) is 1.59. The highest BCUT2D eigenvalue weighted by atomic mass is 16.6. The largest absolute Gasteiger partial charge is 0.493 e. The van der Waals surface area contributed by atoms with Gasteiger partial charge in [0.05, 0.1) is 21.3 Å². The number of methoxy groups -OCH3 is 3. The van der Waals surface area contributed by atoms with Crippen molar-refractivity contribution in [2.24, 2.45) is 5.92 Å². The number of carbonyl (C=O) groups is 2. The van der Waals surface area contributed by atoms with Crippen LogP contribution in [0.3, 0.4) is 0 Å². The number of ether oxygens (including phenoxy) is 4. The van der Waals surface area contributed by atoms with Crippen LogP contribution in [0.4, 0.5) is 4.79 Å². The van der Waals surface area contributed by atoms with E-state index in [0.717, 1.165) is 18.4 Å². The van der Waals surface area contributed by atoms with Gasteiger partial charge in [-0.1, -0.05) is 0 Å². The lowest BCUT2D eigenvalue weighted by Gasteiger charge is -2.36. The molecule has 0 heterocycles. The summed E-state index contributed by atoms with van der Waals surface area (Å²) in [4.78, 5) is 26.2. The van der Waals surface area contributed by atoms with E-state index in [1.807, 2.05) is 26.8 Å². The highest BCUT2D eigenvalue weighted by Gasteiger charge is 2.33. The molecule has 2 rings (SSSR count). The van der Waals surface area contributed by atoms with Gasteiger partial charge in [-0.05, 0) is 51.7 Å². The second-order valence-electron chi connectivity index (χ2n) is 8.63. The second kappa shape index (κ2) is 9.91. The van der Waals surface area contributed by atoms with Crippen molar-refractivity contribution < 1.29 is 28.5 Å². The van der Waals surface area contributed by atoms with E-state index in [0.29, 0.717) is 30.2 Å². The van der Waals surface area contributed by atoms with E-state index < -0.39 is 11.7 Å². The van der Waals surface area contributed by atoms with Crippen LogP contribution in [0.15, 0.2) is 12.1 Å². The number of rotatable bonds is 8. The molecule has 30 heavy (non-hydrogen) atoms. The van der Waals surface area contributed by atoms with E-state index in [4.69, 9.17) is 18.9 Å². The molecule has 0 radical (unpaired) electrons. The SMILES string of the molecule is COc1ccc(CN(C)C(=O)CC2CC(NC(=O)OC(C)(C)C)C2)c(OC)c1OC. The molecule has 1 fully saturated rings. The Labute approximate surface area is 178 Å².